The molecule has 0 bridgehead atoms. The predicted molar refractivity (Wildman–Crippen MR) is 125 cm³/mol. The third kappa shape index (κ3) is 5.06. The van der Waals surface area contributed by atoms with Crippen LogP contribution in [0.2, 0.25) is 0 Å². The van der Waals surface area contributed by atoms with Gasteiger partial charge in [-0.2, -0.15) is 0 Å². The quantitative estimate of drug-likeness (QED) is 0.554. The van der Waals surface area contributed by atoms with E-state index in [2.05, 4.69) is 25.7 Å². The number of rotatable bonds is 6. The number of amides is 1. The van der Waals surface area contributed by atoms with Crippen molar-refractivity contribution < 1.29 is 13.6 Å². The molecule has 2 fully saturated rings. The Morgan fingerprint density at radius 2 is 1.76 bits per heavy atom. The summed E-state index contributed by atoms with van der Waals surface area (Å²) in [7, 11) is 0. The highest BCUT2D eigenvalue weighted by atomic mass is 19.1. The molecule has 0 radical (unpaired) electrons. The molecule has 2 heterocycles. The van der Waals surface area contributed by atoms with Gasteiger partial charge in [-0.1, -0.05) is 23.3 Å². The van der Waals surface area contributed by atoms with Crippen LogP contribution >= 0.6 is 0 Å². The maximum atomic E-state index is 14.7. The van der Waals surface area contributed by atoms with E-state index in [4.69, 9.17) is 4.42 Å². The van der Waals surface area contributed by atoms with Gasteiger partial charge in [-0.05, 0) is 81.9 Å². The van der Waals surface area contributed by atoms with Gasteiger partial charge in [0.05, 0.1) is 5.56 Å². The first-order chi connectivity index (χ1) is 16.2. The number of anilines is 2. The number of nitrogens with one attached hydrogen (secondary N) is 2. The van der Waals surface area contributed by atoms with E-state index >= 15 is 0 Å². The number of hydrogen-bond donors (Lipinski definition) is 2. The molecular formula is C25H28FN5O2. The van der Waals surface area contributed by atoms with Gasteiger partial charge in [0.1, 0.15) is 5.82 Å². The van der Waals surface area contributed by atoms with Crippen LogP contribution < -0.4 is 10.6 Å². The van der Waals surface area contributed by atoms with Gasteiger partial charge in [-0.25, -0.2) is 4.39 Å². The van der Waals surface area contributed by atoms with Crippen molar-refractivity contribution in [3.63, 3.8) is 0 Å². The fraction of sp³-hybridized carbons (Fsp3) is 0.400. The van der Waals surface area contributed by atoms with E-state index in [0.29, 0.717) is 23.3 Å². The molecule has 1 aliphatic heterocycles. The Balaban J connectivity index is 1.18. The van der Waals surface area contributed by atoms with E-state index < -0.39 is 5.82 Å². The summed E-state index contributed by atoms with van der Waals surface area (Å²) in [6.45, 7) is 2.46. The van der Waals surface area contributed by atoms with Crippen LogP contribution in [0.3, 0.4) is 0 Å². The molecule has 1 amide bonds. The largest absolute Gasteiger partial charge is 0.403 e. The van der Waals surface area contributed by atoms with E-state index in [1.165, 1.54) is 50.9 Å². The molecular weight excluding hydrogens is 421 g/mol. The summed E-state index contributed by atoms with van der Waals surface area (Å²) in [6, 6.07) is 14.5. The number of hydrogen-bond acceptors (Lipinski definition) is 6. The summed E-state index contributed by atoms with van der Waals surface area (Å²) in [5.41, 5.74) is 1.06. The van der Waals surface area contributed by atoms with Crippen LogP contribution in [0.5, 0.6) is 0 Å². The minimum Gasteiger partial charge on any atom is -0.403 e. The lowest BCUT2D eigenvalue weighted by Crippen LogP contribution is -2.38. The topological polar surface area (TPSA) is 83.3 Å². The van der Waals surface area contributed by atoms with Crippen LogP contribution in [0, 0.1) is 5.82 Å². The summed E-state index contributed by atoms with van der Waals surface area (Å²) in [6.07, 6.45) is 7.10. The molecule has 2 N–H and O–H groups in total. The maximum absolute atomic E-state index is 14.7. The molecule has 1 aliphatic carbocycles. The summed E-state index contributed by atoms with van der Waals surface area (Å²) in [4.78, 5) is 14.9. The van der Waals surface area contributed by atoms with Gasteiger partial charge >= 0.3 is 6.01 Å². The van der Waals surface area contributed by atoms with E-state index in [1.54, 1.807) is 30.3 Å². The average molecular weight is 450 g/mol. The van der Waals surface area contributed by atoms with Crippen LogP contribution in [0.25, 0.3) is 11.5 Å². The number of benzene rings is 2. The van der Waals surface area contributed by atoms with Crippen LogP contribution in [0.1, 0.15) is 48.9 Å². The van der Waals surface area contributed by atoms with Crippen LogP contribution in [0.4, 0.5) is 16.1 Å². The summed E-state index contributed by atoms with van der Waals surface area (Å²) >= 11 is 0. The highest BCUT2D eigenvalue weighted by molar-refractivity contribution is 6.04. The second kappa shape index (κ2) is 9.70. The van der Waals surface area contributed by atoms with Crippen molar-refractivity contribution in [2.75, 3.05) is 23.7 Å². The van der Waals surface area contributed by atoms with Crippen molar-refractivity contribution >= 4 is 17.6 Å². The number of aromatic nitrogens is 2. The van der Waals surface area contributed by atoms with Crippen LogP contribution in [-0.2, 0) is 0 Å². The molecule has 8 heteroatoms. The van der Waals surface area contributed by atoms with Gasteiger partial charge in [0.2, 0.25) is 0 Å². The number of carbonyl (C=O) groups excluding carboxylic acids is 1. The Morgan fingerprint density at radius 1 is 1.00 bits per heavy atom. The first-order valence-corrected chi connectivity index (χ1v) is 11.7. The molecule has 1 saturated heterocycles. The molecule has 172 valence electrons. The molecule has 1 aromatic heterocycles. The highest BCUT2D eigenvalue weighted by Crippen LogP contribution is 2.29. The van der Waals surface area contributed by atoms with Crippen molar-refractivity contribution in [3.8, 4) is 11.5 Å². The lowest BCUT2D eigenvalue weighted by atomic mass is 9.90. The van der Waals surface area contributed by atoms with E-state index in [-0.39, 0.29) is 23.4 Å². The lowest BCUT2D eigenvalue weighted by Gasteiger charge is -2.34. The van der Waals surface area contributed by atoms with Crippen molar-refractivity contribution in [3.05, 3.63) is 59.9 Å². The van der Waals surface area contributed by atoms with Gasteiger partial charge in [0, 0.05) is 23.3 Å². The van der Waals surface area contributed by atoms with Crippen molar-refractivity contribution in [2.24, 2.45) is 0 Å². The fourth-order valence-electron chi connectivity index (χ4n) is 4.82. The minimum absolute atomic E-state index is 0.113. The Bertz CT molecular complexity index is 1090. The molecule has 0 unspecified atom stereocenters. The minimum atomic E-state index is -0.540. The molecule has 7 nitrogen and oxygen atoms in total. The van der Waals surface area contributed by atoms with Crippen LogP contribution in [-0.4, -0.2) is 46.2 Å². The number of nitrogens with zero attached hydrogens (tertiary/aromatic N) is 3. The van der Waals surface area contributed by atoms with Gasteiger partial charge in [0.25, 0.3) is 11.8 Å². The zero-order chi connectivity index (χ0) is 22.6. The lowest BCUT2D eigenvalue weighted by molar-refractivity contribution is 0.102. The molecule has 2 aliphatic rings. The average Bonchev–Trinajstić information content (AvgIpc) is 3.53. The summed E-state index contributed by atoms with van der Waals surface area (Å²) < 4.78 is 20.4. The third-order valence-electron chi connectivity index (χ3n) is 6.60. The summed E-state index contributed by atoms with van der Waals surface area (Å²) in [5, 5.41) is 14.1. The molecule has 5 rings (SSSR count). The SMILES string of the molecule is O=C(Nc1ccc(-c2nnc(NC3CCC(N4CCCC4)CC3)o2)c(F)c1)c1ccccc1. The van der Waals surface area contributed by atoms with Crippen molar-refractivity contribution in [2.45, 2.75) is 50.6 Å². The zero-order valence-corrected chi connectivity index (χ0v) is 18.5. The molecule has 33 heavy (non-hydrogen) atoms. The smallest absolute Gasteiger partial charge is 0.315 e. The molecule has 0 spiro atoms. The molecule has 0 atom stereocenters. The maximum Gasteiger partial charge on any atom is 0.315 e. The van der Waals surface area contributed by atoms with E-state index in [0.717, 1.165) is 12.8 Å². The van der Waals surface area contributed by atoms with E-state index in [9.17, 15) is 9.18 Å². The predicted octanol–water partition coefficient (Wildman–Crippen LogP) is 4.95. The Kier molecular flexibility index (Phi) is 6.35. The number of likely N-dealkylation sites (tertiary alicyclic amines) is 1. The number of halogens is 1. The second-order valence-corrected chi connectivity index (χ2v) is 8.82. The highest BCUT2D eigenvalue weighted by Gasteiger charge is 2.28. The van der Waals surface area contributed by atoms with Gasteiger partial charge in [0.15, 0.2) is 0 Å². The molecule has 3 aromatic rings. The van der Waals surface area contributed by atoms with Gasteiger partial charge in [-0.15, -0.1) is 5.10 Å². The van der Waals surface area contributed by atoms with Gasteiger partial charge in [-0.3, -0.25) is 4.79 Å². The van der Waals surface area contributed by atoms with E-state index in [1.807, 2.05) is 6.07 Å². The van der Waals surface area contributed by atoms with Crippen molar-refractivity contribution in [1.82, 2.24) is 15.1 Å². The fourth-order valence-corrected chi connectivity index (χ4v) is 4.82. The standard InChI is InChI=1S/C25H28FN5O2/c26-22-16-19(27-23(32)17-6-2-1-3-7-17)10-13-21(22)24-29-30-25(33-24)28-18-8-11-20(12-9-18)31-14-4-5-15-31/h1-3,6-7,10,13,16,18,20H,4-5,8-9,11-12,14-15H2,(H,27,32)(H,28,30). The van der Waals surface area contributed by atoms with Crippen LogP contribution in [0.15, 0.2) is 52.9 Å². The molecule has 1 saturated carbocycles. The first-order valence-electron chi connectivity index (χ1n) is 11.7. The van der Waals surface area contributed by atoms with Gasteiger partial charge < -0.3 is 20.0 Å². The Labute approximate surface area is 192 Å². The Morgan fingerprint density at radius 3 is 2.48 bits per heavy atom. The Hall–Kier alpha value is -3.26. The normalized spacial score (nSPS) is 21.1. The summed E-state index contributed by atoms with van der Waals surface area (Å²) in [5.74, 6) is -0.727. The third-order valence-corrected chi connectivity index (χ3v) is 6.60. The second-order valence-electron chi connectivity index (χ2n) is 8.82. The number of carbonyl (C=O) groups is 1. The monoisotopic (exact) mass is 449 g/mol. The zero-order valence-electron chi connectivity index (χ0n) is 18.5. The molecule has 2 aromatic carbocycles. The first kappa shape index (κ1) is 21.6. The van der Waals surface area contributed by atoms with Crippen molar-refractivity contribution in [1.29, 1.82) is 0 Å².